The number of rotatable bonds is 8. The zero-order valence-electron chi connectivity index (χ0n) is 21.4. The van der Waals surface area contributed by atoms with Crippen LogP contribution in [-0.4, -0.2) is 34.8 Å². The molecule has 1 aliphatic heterocycles. The summed E-state index contributed by atoms with van der Waals surface area (Å²) in [5, 5.41) is 0. The first kappa shape index (κ1) is 25.5. The first-order valence-electron chi connectivity index (χ1n) is 12.8. The van der Waals surface area contributed by atoms with Crippen LogP contribution in [0.3, 0.4) is 0 Å². The summed E-state index contributed by atoms with van der Waals surface area (Å²) in [5.41, 5.74) is 4.98. The Balaban J connectivity index is 1.43. The van der Waals surface area contributed by atoms with Gasteiger partial charge in [0, 0.05) is 25.0 Å². The number of ether oxygens (including phenoxy) is 1. The van der Waals surface area contributed by atoms with Gasteiger partial charge in [0.15, 0.2) is 0 Å². The SMILES string of the molecule is COc1ccc(NS(=O)(=O)c2cc(N=Cc3ccc(-c4ccccc4)cc3)ccc2N2CCCCC2)cc1. The van der Waals surface area contributed by atoms with E-state index in [2.05, 4.69) is 38.9 Å². The van der Waals surface area contributed by atoms with Crippen molar-refractivity contribution < 1.29 is 13.2 Å². The van der Waals surface area contributed by atoms with Gasteiger partial charge in [0.25, 0.3) is 10.0 Å². The molecule has 1 fully saturated rings. The van der Waals surface area contributed by atoms with Crippen LogP contribution in [-0.2, 0) is 10.0 Å². The van der Waals surface area contributed by atoms with Gasteiger partial charge in [-0.2, -0.15) is 0 Å². The Kier molecular flexibility index (Phi) is 7.75. The maximum absolute atomic E-state index is 13.6. The van der Waals surface area contributed by atoms with Gasteiger partial charge in [-0.25, -0.2) is 8.42 Å². The summed E-state index contributed by atoms with van der Waals surface area (Å²) in [7, 11) is -2.28. The summed E-state index contributed by atoms with van der Waals surface area (Å²) >= 11 is 0. The number of nitrogens with zero attached hydrogens (tertiary/aromatic N) is 2. The molecule has 4 aromatic rings. The van der Waals surface area contributed by atoms with E-state index in [4.69, 9.17) is 4.74 Å². The molecule has 5 rings (SSSR count). The van der Waals surface area contributed by atoms with Crippen LogP contribution in [0.25, 0.3) is 11.1 Å². The van der Waals surface area contributed by atoms with Gasteiger partial charge >= 0.3 is 0 Å². The fraction of sp³-hybridized carbons (Fsp3) is 0.194. The van der Waals surface area contributed by atoms with E-state index in [1.807, 2.05) is 42.5 Å². The molecular formula is C31H31N3O3S. The number of nitrogens with one attached hydrogen (secondary N) is 1. The lowest BCUT2D eigenvalue weighted by Crippen LogP contribution is -2.31. The lowest BCUT2D eigenvalue weighted by Gasteiger charge is -2.30. The second-order valence-corrected chi connectivity index (χ2v) is 10.9. The van der Waals surface area contributed by atoms with Crippen LogP contribution >= 0.6 is 0 Å². The van der Waals surface area contributed by atoms with Gasteiger partial charge in [-0.3, -0.25) is 9.71 Å². The number of sulfonamides is 1. The largest absolute Gasteiger partial charge is 0.497 e. The van der Waals surface area contributed by atoms with Gasteiger partial charge in [0.2, 0.25) is 0 Å². The smallest absolute Gasteiger partial charge is 0.264 e. The number of methoxy groups -OCH3 is 1. The van der Waals surface area contributed by atoms with Gasteiger partial charge in [-0.15, -0.1) is 0 Å². The molecule has 0 bridgehead atoms. The number of benzene rings is 4. The summed E-state index contributed by atoms with van der Waals surface area (Å²) in [5.74, 6) is 0.662. The zero-order valence-corrected chi connectivity index (χ0v) is 22.2. The van der Waals surface area contributed by atoms with Crippen molar-refractivity contribution in [2.24, 2.45) is 4.99 Å². The number of anilines is 2. The molecule has 0 spiro atoms. The first-order chi connectivity index (χ1) is 18.5. The molecule has 6 nitrogen and oxygen atoms in total. The molecule has 1 saturated heterocycles. The molecule has 1 aliphatic rings. The summed E-state index contributed by atoms with van der Waals surface area (Å²) in [6.45, 7) is 1.67. The summed E-state index contributed by atoms with van der Waals surface area (Å²) in [6, 6.07) is 30.6. The molecule has 1 heterocycles. The van der Waals surface area contributed by atoms with Crippen LogP contribution in [0.1, 0.15) is 24.8 Å². The molecule has 0 radical (unpaired) electrons. The molecule has 38 heavy (non-hydrogen) atoms. The van der Waals surface area contributed by atoms with Crippen molar-refractivity contribution in [2.45, 2.75) is 24.2 Å². The molecule has 0 aliphatic carbocycles. The van der Waals surface area contributed by atoms with E-state index < -0.39 is 10.0 Å². The Labute approximate surface area is 224 Å². The minimum Gasteiger partial charge on any atom is -0.497 e. The fourth-order valence-corrected chi connectivity index (χ4v) is 5.91. The van der Waals surface area contributed by atoms with Gasteiger partial charge in [0.1, 0.15) is 10.6 Å². The van der Waals surface area contributed by atoms with Crippen molar-refractivity contribution in [3.63, 3.8) is 0 Å². The highest BCUT2D eigenvalue weighted by molar-refractivity contribution is 7.92. The number of aliphatic imine (C=N–C) groups is 1. The van der Waals surface area contributed by atoms with Gasteiger partial charge in [-0.05, 0) is 78.4 Å². The lowest BCUT2D eigenvalue weighted by atomic mass is 10.0. The van der Waals surface area contributed by atoms with E-state index >= 15 is 0 Å². The van der Waals surface area contributed by atoms with Crippen LogP contribution in [0.4, 0.5) is 17.1 Å². The van der Waals surface area contributed by atoms with E-state index in [9.17, 15) is 8.42 Å². The molecule has 7 heteroatoms. The molecule has 1 N–H and O–H groups in total. The predicted octanol–water partition coefficient (Wildman–Crippen LogP) is 6.90. The van der Waals surface area contributed by atoms with Crippen LogP contribution in [0.5, 0.6) is 5.75 Å². The van der Waals surface area contributed by atoms with Gasteiger partial charge in [-0.1, -0.05) is 54.6 Å². The topological polar surface area (TPSA) is 71.0 Å². The van der Waals surface area contributed by atoms with Crippen LogP contribution < -0.4 is 14.4 Å². The number of piperidine rings is 1. The van der Waals surface area contributed by atoms with Crippen molar-refractivity contribution in [3.8, 4) is 16.9 Å². The van der Waals surface area contributed by atoms with Gasteiger partial charge < -0.3 is 9.64 Å². The third-order valence-electron chi connectivity index (χ3n) is 6.65. The van der Waals surface area contributed by atoms with E-state index in [1.54, 1.807) is 43.7 Å². The number of hydrogen-bond acceptors (Lipinski definition) is 5. The van der Waals surface area contributed by atoms with Crippen molar-refractivity contribution in [2.75, 3.05) is 29.8 Å². The highest BCUT2D eigenvalue weighted by Gasteiger charge is 2.24. The number of hydrogen-bond donors (Lipinski definition) is 1. The van der Waals surface area contributed by atoms with E-state index in [0.29, 0.717) is 22.8 Å². The highest BCUT2D eigenvalue weighted by Crippen LogP contribution is 2.33. The minimum absolute atomic E-state index is 0.226. The quantitative estimate of drug-likeness (QED) is 0.254. The molecule has 4 aromatic carbocycles. The molecule has 0 amide bonds. The average molecular weight is 526 g/mol. The van der Waals surface area contributed by atoms with Crippen LogP contribution in [0, 0.1) is 0 Å². The summed E-state index contributed by atoms with van der Waals surface area (Å²) in [4.78, 5) is 7.00. The molecule has 0 unspecified atom stereocenters. The van der Waals surface area contributed by atoms with E-state index in [1.165, 1.54) is 0 Å². The van der Waals surface area contributed by atoms with Crippen molar-refractivity contribution in [1.82, 2.24) is 0 Å². The lowest BCUT2D eigenvalue weighted by molar-refractivity contribution is 0.415. The Morgan fingerprint density at radius 3 is 2.18 bits per heavy atom. The molecule has 194 valence electrons. The summed E-state index contributed by atoms with van der Waals surface area (Å²) in [6.07, 6.45) is 5.01. The molecule has 0 saturated carbocycles. The normalized spacial score (nSPS) is 14.0. The third kappa shape index (κ3) is 6.06. The average Bonchev–Trinajstić information content (AvgIpc) is 2.97. The maximum Gasteiger partial charge on any atom is 0.264 e. The fourth-order valence-electron chi connectivity index (χ4n) is 4.60. The Morgan fingerprint density at radius 2 is 1.50 bits per heavy atom. The monoisotopic (exact) mass is 525 g/mol. The van der Waals surface area contributed by atoms with Crippen LogP contribution in [0.15, 0.2) is 107 Å². The highest BCUT2D eigenvalue weighted by atomic mass is 32.2. The Bertz CT molecular complexity index is 1490. The molecule has 0 atom stereocenters. The minimum atomic E-state index is -3.86. The van der Waals surface area contributed by atoms with Gasteiger partial charge in [0.05, 0.1) is 18.5 Å². The van der Waals surface area contributed by atoms with Crippen molar-refractivity contribution in [3.05, 3.63) is 103 Å². The van der Waals surface area contributed by atoms with E-state index in [0.717, 1.165) is 49.0 Å². The Hall–Kier alpha value is -4.10. The van der Waals surface area contributed by atoms with Crippen molar-refractivity contribution in [1.29, 1.82) is 0 Å². The summed E-state index contributed by atoms with van der Waals surface area (Å²) < 4.78 is 35.1. The second kappa shape index (κ2) is 11.5. The van der Waals surface area contributed by atoms with Crippen molar-refractivity contribution >= 4 is 33.3 Å². The second-order valence-electron chi connectivity index (χ2n) is 9.28. The van der Waals surface area contributed by atoms with E-state index in [-0.39, 0.29) is 4.90 Å². The standard InChI is InChI=1S/C31H31N3O3S/c1-37-29-17-14-27(15-18-29)33-38(35,36)31-22-28(16-19-30(31)34-20-6-3-7-21-34)32-23-24-10-12-26(13-11-24)25-8-4-2-5-9-25/h2,4-5,8-19,22-23,33H,3,6-7,20-21H2,1H3. The molecular weight excluding hydrogens is 494 g/mol. The zero-order chi connectivity index (χ0) is 26.4. The Morgan fingerprint density at radius 1 is 0.816 bits per heavy atom. The maximum atomic E-state index is 13.6. The third-order valence-corrected chi connectivity index (χ3v) is 8.06. The predicted molar refractivity (Wildman–Crippen MR) is 155 cm³/mol. The molecule has 0 aromatic heterocycles. The van der Waals surface area contributed by atoms with Crippen LogP contribution in [0.2, 0.25) is 0 Å². The first-order valence-corrected chi connectivity index (χ1v) is 14.3.